The van der Waals surface area contributed by atoms with Gasteiger partial charge in [-0.3, -0.25) is 9.59 Å². The maximum Gasteiger partial charge on any atom is 0.267 e. The molecule has 0 aliphatic carbocycles. The second kappa shape index (κ2) is 8.67. The van der Waals surface area contributed by atoms with Crippen molar-refractivity contribution in [2.24, 2.45) is 0 Å². The fourth-order valence-corrected chi connectivity index (χ4v) is 4.65. The molecule has 1 saturated heterocycles. The summed E-state index contributed by atoms with van der Waals surface area (Å²) in [4.78, 5) is 32.9. The third-order valence-corrected chi connectivity index (χ3v) is 6.30. The highest BCUT2D eigenvalue weighted by molar-refractivity contribution is 6.00. The first kappa shape index (κ1) is 20.6. The number of H-pyrrole nitrogens is 1. The Morgan fingerprint density at radius 3 is 2.88 bits per heavy atom. The molecule has 0 saturated carbocycles. The number of amides is 2. The summed E-state index contributed by atoms with van der Waals surface area (Å²) in [5.41, 5.74) is 3.00. The Balaban J connectivity index is 1.29. The minimum absolute atomic E-state index is 0.0259. The van der Waals surface area contributed by atoms with E-state index in [1.54, 1.807) is 11.8 Å². The number of benzene rings is 2. The Morgan fingerprint density at radius 1 is 1.16 bits per heavy atom. The van der Waals surface area contributed by atoms with Crippen LogP contribution in [0, 0.1) is 0 Å². The Labute approximate surface area is 186 Å². The van der Waals surface area contributed by atoms with Crippen LogP contribution in [0.1, 0.15) is 18.9 Å². The molecular formula is C25H27N3O4. The molecule has 0 spiro atoms. The molecule has 0 bridgehead atoms. The Bertz CT molecular complexity index is 1140. The van der Waals surface area contributed by atoms with E-state index in [-0.39, 0.29) is 24.3 Å². The highest BCUT2D eigenvalue weighted by Crippen LogP contribution is 2.33. The minimum Gasteiger partial charge on any atom is -0.479 e. The molecule has 1 N–H and O–H groups in total. The summed E-state index contributed by atoms with van der Waals surface area (Å²) >= 11 is 0. The summed E-state index contributed by atoms with van der Waals surface area (Å²) < 4.78 is 11.4. The summed E-state index contributed by atoms with van der Waals surface area (Å²) in [6, 6.07) is 15.6. The molecule has 32 heavy (non-hydrogen) atoms. The van der Waals surface area contributed by atoms with Crippen molar-refractivity contribution in [2.45, 2.75) is 31.9 Å². The second-order valence-corrected chi connectivity index (χ2v) is 8.35. The lowest BCUT2D eigenvalue weighted by atomic mass is 10.0. The highest BCUT2D eigenvalue weighted by Gasteiger charge is 2.33. The predicted molar refractivity (Wildman–Crippen MR) is 122 cm³/mol. The number of carbonyl (C=O) groups is 2. The first-order chi connectivity index (χ1) is 15.6. The predicted octanol–water partition coefficient (Wildman–Crippen LogP) is 3.14. The van der Waals surface area contributed by atoms with Gasteiger partial charge in [-0.1, -0.05) is 30.3 Å². The van der Waals surface area contributed by atoms with Gasteiger partial charge in [-0.15, -0.1) is 0 Å². The lowest BCUT2D eigenvalue weighted by molar-refractivity contribution is -0.139. The van der Waals surface area contributed by atoms with Crippen molar-refractivity contribution in [3.8, 4) is 5.75 Å². The summed E-state index contributed by atoms with van der Waals surface area (Å²) in [6.45, 7) is 3.69. The molecule has 1 fully saturated rings. The van der Waals surface area contributed by atoms with Crippen molar-refractivity contribution in [3.05, 3.63) is 60.3 Å². The molecule has 0 unspecified atom stereocenters. The van der Waals surface area contributed by atoms with Crippen LogP contribution in [-0.4, -0.2) is 60.1 Å². The molecule has 2 aliphatic heterocycles. The van der Waals surface area contributed by atoms with Gasteiger partial charge >= 0.3 is 0 Å². The van der Waals surface area contributed by atoms with E-state index in [9.17, 15) is 9.59 Å². The van der Waals surface area contributed by atoms with E-state index in [1.165, 1.54) is 10.9 Å². The number of carbonyl (C=O) groups excluding carboxylic acids is 2. The van der Waals surface area contributed by atoms with E-state index in [0.717, 1.165) is 17.6 Å². The van der Waals surface area contributed by atoms with Crippen LogP contribution in [0.25, 0.3) is 10.9 Å². The maximum atomic E-state index is 13.2. The number of morpholine rings is 1. The van der Waals surface area contributed by atoms with Crippen molar-refractivity contribution in [3.63, 3.8) is 0 Å². The molecule has 0 radical (unpaired) electrons. The summed E-state index contributed by atoms with van der Waals surface area (Å²) in [5, 5.41) is 1.18. The quantitative estimate of drug-likeness (QED) is 0.671. The standard InChI is InChI=1S/C25H27N3O4/c1-17-25(30)28(22-8-4-5-9-23(22)32-17)11-10-24(29)27-12-13-31-16-19(27)14-18-15-26-21-7-3-2-6-20(18)21/h2-9,15,17,19,26H,10-14,16H2,1H3/t17-,19+/m1/s1. The fraction of sp³-hybridized carbons (Fsp3) is 0.360. The van der Waals surface area contributed by atoms with Gasteiger partial charge in [0, 0.05) is 36.6 Å². The topological polar surface area (TPSA) is 74.9 Å². The number of ether oxygens (including phenoxy) is 2. The average Bonchev–Trinajstić information content (AvgIpc) is 3.22. The van der Waals surface area contributed by atoms with E-state index in [4.69, 9.17) is 9.47 Å². The lowest BCUT2D eigenvalue weighted by Crippen LogP contribution is -2.51. The summed E-state index contributed by atoms with van der Waals surface area (Å²) in [7, 11) is 0. The molecule has 7 nitrogen and oxygen atoms in total. The normalized spacial score (nSPS) is 20.8. The largest absolute Gasteiger partial charge is 0.479 e. The Kier molecular flexibility index (Phi) is 5.57. The van der Waals surface area contributed by atoms with Crippen molar-refractivity contribution >= 4 is 28.4 Å². The van der Waals surface area contributed by atoms with Crippen LogP contribution in [-0.2, 0) is 20.7 Å². The number of fused-ring (bicyclic) bond motifs is 2. The number of aromatic amines is 1. The van der Waals surface area contributed by atoms with E-state index in [1.807, 2.05) is 47.5 Å². The SMILES string of the molecule is C[C@H]1Oc2ccccc2N(CCC(=O)N2CCOC[C@@H]2Cc2c[nH]c3ccccc23)C1=O. The van der Waals surface area contributed by atoms with Crippen LogP contribution in [0.2, 0.25) is 0 Å². The van der Waals surface area contributed by atoms with Gasteiger partial charge in [-0.2, -0.15) is 0 Å². The number of anilines is 1. The van der Waals surface area contributed by atoms with E-state index in [2.05, 4.69) is 17.1 Å². The van der Waals surface area contributed by atoms with Crippen molar-refractivity contribution < 1.29 is 19.1 Å². The van der Waals surface area contributed by atoms with Crippen LogP contribution in [0.3, 0.4) is 0 Å². The highest BCUT2D eigenvalue weighted by atomic mass is 16.5. The van der Waals surface area contributed by atoms with Gasteiger partial charge in [0.25, 0.3) is 5.91 Å². The molecule has 2 atom stereocenters. The van der Waals surface area contributed by atoms with Crippen LogP contribution >= 0.6 is 0 Å². The second-order valence-electron chi connectivity index (χ2n) is 8.35. The molecule has 2 aromatic carbocycles. The number of aromatic nitrogens is 1. The molecule has 2 aliphatic rings. The molecule has 1 aromatic heterocycles. The summed E-state index contributed by atoms with van der Waals surface area (Å²) in [6.07, 6.45) is 2.45. The Hall–Kier alpha value is -3.32. The van der Waals surface area contributed by atoms with Gasteiger partial charge in [0.15, 0.2) is 6.10 Å². The van der Waals surface area contributed by atoms with Crippen molar-refractivity contribution in [1.82, 2.24) is 9.88 Å². The molecule has 5 rings (SSSR count). The number of para-hydroxylation sites is 3. The molecule has 3 aromatic rings. The zero-order valence-electron chi connectivity index (χ0n) is 18.1. The van der Waals surface area contributed by atoms with Gasteiger partial charge < -0.3 is 24.3 Å². The molecule has 2 amide bonds. The van der Waals surface area contributed by atoms with Gasteiger partial charge in [-0.05, 0) is 37.1 Å². The summed E-state index contributed by atoms with van der Waals surface area (Å²) in [5.74, 6) is 0.604. The van der Waals surface area contributed by atoms with Crippen LogP contribution in [0.4, 0.5) is 5.69 Å². The molecule has 3 heterocycles. The third-order valence-electron chi connectivity index (χ3n) is 6.30. The number of nitrogens with zero attached hydrogens (tertiary/aromatic N) is 2. The van der Waals surface area contributed by atoms with Crippen LogP contribution in [0.15, 0.2) is 54.7 Å². The monoisotopic (exact) mass is 433 g/mol. The van der Waals surface area contributed by atoms with E-state index < -0.39 is 6.10 Å². The van der Waals surface area contributed by atoms with Crippen LogP contribution in [0.5, 0.6) is 5.75 Å². The third kappa shape index (κ3) is 3.84. The first-order valence-corrected chi connectivity index (χ1v) is 11.1. The number of nitrogens with one attached hydrogen (secondary N) is 1. The number of hydrogen-bond donors (Lipinski definition) is 1. The average molecular weight is 434 g/mol. The zero-order valence-corrected chi connectivity index (χ0v) is 18.1. The van der Waals surface area contributed by atoms with Gasteiger partial charge in [0.2, 0.25) is 5.91 Å². The molecule has 7 heteroatoms. The van der Waals surface area contributed by atoms with E-state index >= 15 is 0 Å². The van der Waals surface area contributed by atoms with Gasteiger partial charge in [0.05, 0.1) is 24.9 Å². The lowest BCUT2D eigenvalue weighted by Gasteiger charge is -2.37. The maximum absolute atomic E-state index is 13.2. The van der Waals surface area contributed by atoms with Gasteiger partial charge in [0.1, 0.15) is 5.75 Å². The zero-order chi connectivity index (χ0) is 22.1. The van der Waals surface area contributed by atoms with Crippen LogP contribution < -0.4 is 9.64 Å². The Morgan fingerprint density at radius 2 is 1.97 bits per heavy atom. The smallest absolute Gasteiger partial charge is 0.267 e. The molecule has 166 valence electrons. The molecular weight excluding hydrogens is 406 g/mol. The minimum atomic E-state index is -0.557. The first-order valence-electron chi connectivity index (χ1n) is 11.1. The fourth-order valence-electron chi connectivity index (χ4n) is 4.65. The van der Waals surface area contributed by atoms with Crippen molar-refractivity contribution in [1.29, 1.82) is 0 Å². The number of hydrogen-bond acceptors (Lipinski definition) is 4. The van der Waals surface area contributed by atoms with Gasteiger partial charge in [-0.25, -0.2) is 0 Å². The van der Waals surface area contributed by atoms with E-state index in [0.29, 0.717) is 32.1 Å². The number of rotatable bonds is 5. The van der Waals surface area contributed by atoms with Crippen molar-refractivity contribution in [2.75, 3.05) is 31.2 Å².